The van der Waals surface area contributed by atoms with Gasteiger partial charge in [0.1, 0.15) is 5.69 Å². The highest BCUT2D eigenvalue weighted by molar-refractivity contribution is 6.40. The van der Waals surface area contributed by atoms with Crippen molar-refractivity contribution in [3.05, 3.63) is 59.5 Å². The molecule has 0 bridgehead atoms. The molecule has 3 aromatic rings. The van der Waals surface area contributed by atoms with E-state index < -0.39 is 29.8 Å². The summed E-state index contributed by atoms with van der Waals surface area (Å²) in [6, 6.07) is 8.88. The van der Waals surface area contributed by atoms with Crippen LogP contribution in [0.15, 0.2) is 48.8 Å². The highest BCUT2D eigenvalue weighted by atomic mass is 35.5. The van der Waals surface area contributed by atoms with Gasteiger partial charge in [-0.3, -0.25) is 29.1 Å². The number of nitrogens with one attached hydrogen (secondary N) is 2. The molecule has 188 valence electrons. The van der Waals surface area contributed by atoms with Crippen LogP contribution in [0, 0.1) is 5.92 Å². The Kier molecular flexibility index (Phi) is 7.25. The maximum Gasteiger partial charge on any atom is 0.316 e. The van der Waals surface area contributed by atoms with Gasteiger partial charge in [0, 0.05) is 54.0 Å². The van der Waals surface area contributed by atoms with Crippen molar-refractivity contribution in [1.82, 2.24) is 20.2 Å². The Labute approximate surface area is 212 Å². The van der Waals surface area contributed by atoms with Crippen LogP contribution in [0.1, 0.15) is 29.8 Å². The van der Waals surface area contributed by atoms with Gasteiger partial charge in [-0.05, 0) is 55.7 Å². The second kappa shape index (κ2) is 10.4. The van der Waals surface area contributed by atoms with E-state index >= 15 is 0 Å². The number of fused-ring (bicyclic) bond motifs is 1. The van der Waals surface area contributed by atoms with Gasteiger partial charge in [-0.15, -0.1) is 0 Å². The van der Waals surface area contributed by atoms with Gasteiger partial charge >= 0.3 is 11.8 Å². The lowest BCUT2D eigenvalue weighted by molar-refractivity contribution is -0.137. The monoisotopic (exact) mass is 510 g/mol. The van der Waals surface area contributed by atoms with Crippen molar-refractivity contribution in [2.24, 2.45) is 11.7 Å². The molecule has 2 aromatic heterocycles. The van der Waals surface area contributed by atoms with E-state index in [0.717, 1.165) is 10.9 Å². The van der Waals surface area contributed by atoms with Crippen molar-refractivity contribution in [3.63, 3.8) is 0 Å². The summed E-state index contributed by atoms with van der Waals surface area (Å²) in [7, 11) is 3.34. The van der Waals surface area contributed by atoms with Crippen LogP contribution in [0.3, 0.4) is 0 Å². The SMILES string of the molecule is CN(C)C(=O)[C@H]1CC[C@H](NC(=O)c2cc3cc(Cl)ccc3[nH]2)[C@H](N(C(=O)C(N)=O)c2ccncc2)C1. The van der Waals surface area contributed by atoms with E-state index in [1.54, 1.807) is 50.5 Å². The molecule has 4 N–H and O–H groups in total. The molecule has 0 saturated heterocycles. The first-order chi connectivity index (χ1) is 17.2. The first-order valence-electron chi connectivity index (χ1n) is 11.5. The summed E-state index contributed by atoms with van der Waals surface area (Å²) in [6.45, 7) is 0. The standard InChI is InChI=1S/C25H27ClN6O4/c1-31(2)24(35)14-3-5-19(30-23(34)20-12-15-11-16(26)4-6-18(15)29-20)21(13-14)32(25(36)22(27)33)17-7-9-28-10-8-17/h4,6-12,14,19,21,29H,3,5,13H2,1-2H3,(H2,27,33)(H,30,34)/t14-,19-,21+/m0/s1. The minimum Gasteiger partial charge on any atom is -0.361 e. The number of nitrogens with zero attached hydrogens (tertiary/aromatic N) is 3. The number of halogens is 1. The maximum atomic E-state index is 13.2. The van der Waals surface area contributed by atoms with E-state index in [1.807, 2.05) is 0 Å². The fraction of sp³-hybridized carbons (Fsp3) is 0.320. The molecule has 11 heteroatoms. The third kappa shape index (κ3) is 5.18. The summed E-state index contributed by atoms with van der Waals surface area (Å²) in [5, 5.41) is 4.34. The Morgan fingerprint density at radius 2 is 1.81 bits per heavy atom. The molecule has 0 unspecified atom stereocenters. The molecule has 10 nitrogen and oxygen atoms in total. The van der Waals surface area contributed by atoms with Crippen molar-refractivity contribution in [2.75, 3.05) is 19.0 Å². The Bertz CT molecular complexity index is 1310. The van der Waals surface area contributed by atoms with E-state index in [9.17, 15) is 19.2 Å². The molecule has 1 aliphatic rings. The first kappa shape index (κ1) is 25.2. The number of benzene rings is 1. The van der Waals surface area contributed by atoms with Gasteiger partial charge in [0.2, 0.25) is 5.91 Å². The van der Waals surface area contributed by atoms with Gasteiger partial charge < -0.3 is 20.9 Å². The molecular weight excluding hydrogens is 484 g/mol. The van der Waals surface area contributed by atoms with Crippen molar-refractivity contribution >= 4 is 51.8 Å². The van der Waals surface area contributed by atoms with Gasteiger partial charge in [0.25, 0.3) is 5.91 Å². The summed E-state index contributed by atoms with van der Waals surface area (Å²) in [4.78, 5) is 60.9. The van der Waals surface area contributed by atoms with E-state index in [0.29, 0.717) is 29.2 Å². The van der Waals surface area contributed by atoms with Crippen molar-refractivity contribution in [3.8, 4) is 0 Å². The quantitative estimate of drug-likeness (QED) is 0.450. The average molecular weight is 511 g/mol. The molecule has 1 saturated carbocycles. The van der Waals surface area contributed by atoms with E-state index in [-0.39, 0.29) is 18.2 Å². The summed E-state index contributed by atoms with van der Waals surface area (Å²) in [6.07, 6.45) is 4.15. The molecule has 1 aliphatic carbocycles. The van der Waals surface area contributed by atoms with E-state index in [2.05, 4.69) is 15.3 Å². The summed E-state index contributed by atoms with van der Waals surface area (Å²) < 4.78 is 0. The summed E-state index contributed by atoms with van der Waals surface area (Å²) in [5.41, 5.74) is 6.87. The molecule has 3 atom stereocenters. The smallest absolute Gasteiger partial charge is 0.316 e. The largest absolute Gasteiger partial charge is 0.361 e. The number of anilines is 1. The minimum absolute atomic E-state index is 0.0847. The Morgan fingerprint density at radius 1 is 1.08 bits per heavy atom. The summed E-state index contributed by atoms with van der Waals surface area (Å²) in [5.74, 6) is -2.91. The lowest BCUT2D eigenvalue weighted by Gasteiger charge is -2.42. The third-order valence-corrected chi connectivity index (χ3v) is 6.69. The number of pyridine rings is 1. The van der Waals surface area contributed by atoms with Crippen molar-refractivity contribution < 1.29 is 19.2 Å². The Hall–Kier alpha value is -3.92. The number of aromatic nitrogens is 2. The maximum absolute atomic E-state index is 13.2. The number of aromatic amines is 1. The van der Waals surface area contributed by atoms with Crippen molar-refractivity contribution in [1.29, 1.82) is 0 Å². The molecule has 4 amide bonds. The second-order valence-corrected chi connectivity index (χ2v) is 9.49. The molecule has 1 fully saturated rings. The second-order valence-electron chi connectivity index (χ2n) is 9.05. The van der Waals surface area contributed by atoms with Crippen LogP contribution in [-0.4, -0.2) is 64.7 Å². The van der Waals surface area contributed by atoms with Crippen LogP contribution in [0.2, 0.25) is 5.02 Å². The molecule has 2 heterocycles. The van der Waals surface area contributed by atoms with E-state index in [4.69, 9.17) is 17.3 Å². The predicted molar refractivity (Wildman–Crippen MR) is 135 cm³/mol. The summed E-state index contributed by atoms with van der Waals surface area (Å²) >= 11 is 6.07. The van der Waals surface area contributed by atoms with Crippen LogP contribution >= 0.6 is 11.6 Å². The topological polar surface area (TPSA) is 141 Å². The Morgan fingerprint density at radius 3 is 2.47 bits per heavy atom. The zero-order chi connectivity index (χ0) is 26.0. The number of primary amides is 1. The zero-order valence-corrected chi connectivity index (χ0v) is 20.7. The van der Waals surface area contributed by atoms with Crippen LogP contribution in [-0.2, 0) is 14.4 Å². The fourth-order valence-corrected chi connectivity index (χ4v) is 4.93. The van der Waals surface area contributed by atoms with Crippen LogP contribution in [0.5, 0.6) is 0 Å². The van der Waals surface area contributed by atoms with E-state index in [1.165, 1.54) is 22.2 Å². The molecule has 36 heavy (non-hydrogen) atoms. The van der Waals surface area contributed by atoms with Crippen LogP contribution < -0.4 is 16.0 Å². The fourth-order valence-electron chi connectivity index (χ4n) is 4.74. The van der Waals surface area contributed by atoms with Gasteiger partial charge in [-0.2, -0.15) is 0 Å². The number of H-pyrrole nitrogens is 1. The predicted octanol–water partition coefficient (Wildman–Crippen LogP) is 2.09. The lowest BCUT2D eigenvalue weighted by atomic mass is 9.80. The minimum atomic E-state index is -1.13. The zero-order valence-electron chi connectivity index (χ0n) is 19.9. The van der Waals surface area contributed by atoms with Gasteiger partial charge in [0.15, 0.2) is 0 Å². The Balaban J connectivity index is 1.68. The van der Waals surface area contributed by atoms with Crippen LogP contribution in [0.4, 0.5) is 5.69 Å². The molecule has 0 radical (unpaired) electrons. The molecule has 0 spiro atoms. The molecule has 0 aliphatic heterocycles. The highest BCUT2D eigenvalue weighted by Crippen LogP contribution is 2.32. The number of nitrogens with two attached hydrogens (primary N) is 1. The molecule has 1 aromatic carbocycles. The van der Waals surface area contributed by atoms with Crippen molar-refractivity contribution in [2.45, 2.75) is 31.3 Å². The number of hydrogen-bond acceptors (Lipinski definition) is 5. The van der Waals surface area contributed by atoms with Gasteiger partial charge in [-0.1, -0.05) is 11.6 Å². The van der Waals surface area contributed by atoms with Gasteiger partial charge in [-0.25, -0.2) is 0 Å². The number of hydrogen-bond donors (Lipinski definition) is 3. The van der Waals surface area contributed by atoms with Crippen LogP contribution in [0.25, 0.3) is 10.9 Å². The first-order valence-corrected chi connectivity index (χ1v) is 11.9. The number of carbonyl (C=O) groups excluding carboxylic acids is 4. The highest BCUT2D eigenvalue weighted by Gasteiger charge is 2.42. The number of rotatable bonds is 5. The lowest BCUT2D eigenvalue weighted by Crippen LogP contribution is -2.59. The van der Waals surface area contributed by atoms with Gasteiger partial charge in [0.05, 0.1) is 12.1 Å². The molecule has 4 rings (SSSR count). The molecular formula is C25H27ClN6O4. The average Bonchev–Trinajstić information content (AvgIpc) is 3.28. The number of carbonyl (C=O) groups is 4. The normalized spacial score (nSPS) is 19.5. The number of amides is 4. The third-order valence-electron chi connectivity index (χ3n) is 6.45.